The van der Waals surface area contributed by atoms with E-state index in [1.165, 1.54) is 6.92 Å². The molecule has 1 N–H and O–H groups in total. The molecule has 0 saturated carbocycles. The number of carbonyl (C=O) groups excluding carboxylic acids is 1. The third-order valence-electron chi connectivity index (χ3n) is 1.88. The Morgan fingerprint density at radius 1 is 1.38 bits per heavy atom. The normalized spacial score (nSPS) is 9.77. The lowest BCUT2D eigenvalue weighted by molar-refractivity contribution is 0.101. The van der Waals surface area contributed by atoms with Crippen molar-refractivity contribution in [3.63, 3.8) is 0 Å². The summed E-state index contributed by atoms with van der Waals surface area (Å²) in [4.78, 5) is 12.8. The van der Waals surface area contributed by atoms with Crippen LogP contribution in [0.3, 0.4) is 0 Å². The second-order valence-electron chi connectivity index (χ2n) is 3.12. The number of benzene rings is 1. The Bertz CT molecular complexity index is 332. The highest BCUT2D eigenvalue weighted by atomic mass is 16.3. The lowest BCUT2D eigenvalue weighted by Crippen LogP contribution is -2.09. The molecule has 0 fully saturated rings. The van der Waals surface area contributed by atoms with Crippen molar-refractivity contribution < 1.29 is 9.90 Å². The molecule has 0 atom stereocenters. The average Bonchev–Trinajstić information content (AvgIpc) is 2.03. The predicted molar refractivity (Wildman–Crippen MR) is 52.4 cm³/mol. The minimum absolute atomic E-state index is 0.0556. The number of phenolic OH excluding ortho intramolecular Hbond substituents is 1. The van der Waals surface area contributed by atoms with Crippen molar-refractivity contribution in [3.05, 3.63) is 23.8 Å². The van der Waals surface area contributed by atoms with E-state index in [0.717, 1.165) is 0 Å². The zero-order chi connectivity index (χ0) is 10.0. The van der Waals surface area contributed by atoms with Crippen LogP contribution in [0.15, 0.2) is 18.2 Å². The van der Waals surface area contributed by atoms with Gasteiger partial charge in [0.05, 0.1) is 11.3 Å². The Kier molecular flexibility index (Phi) is 2.56. The molecule has 13 heavy (non-hydrogen) atoms. The maximum atomic E-state index is 11.1. The van der Waals surface area contributed by atoms with E-state index < -0.39 is 0 Å². The Labute approximate surface area is 77.6 Å². The van der Waals surface area contributed by atoms with Gasteiger partial charge >= 0.3 is 0 Å². The zero-order valence-electron chi connectivity index (χ0n) is 8.03. The van der Waals surface area contributed by atoms with Gasteiger partial charge in [-0.1, -0.05) is 6.07 Å². The van der Waals surface area contributed by atoms with E-state index >= 15 is 0 Å². The van der Waals surface area contributed by atoms with Crippen LogP contribution >= 0.6 is 0 Å². The minimum Gasteiger partial charge on any atom is -0.505 e. The maximum Gasteiger partial charge on any atom is 0.163 e. The summed E-state index contributed by atoms with van der Waals surface area (Å²) in [5, 5.41) is 9.67. The number of carbonyl (C=O) groups is 1. The number of nitrogens with zero attached hydrogens (tertiary/aromatic N) is 1. The van der Waals surface area contributed by atoms with E-state index in [-0.39, 0.29) is 11.5 Å². The summed E-state index contributed by atoms with van der Waals surface area (Å²) in [6, 6.07) is 5.14. The van der Waals surface area contributed by atoms with E-state index in [9.17, 15) is 9.90 Å². The van der Waals surface area contributed by atoms with Crippen LogP contribution in [0.4, 0.5) is 5.69 Å². The smallest absolute Gasteiger partial charge is 0.163 e. The van der Waals surface area contributed by atoms with Crippen LogP contribution in [-0.4, -0.2) is 25.0 Å². The van der Waals surface area contributed by atoms with Gasteiger partial charge in [-0.05, 0) is 19.1 Å². The highest BCUT2D eigenvalue weighted by Gasteiger charge is 2.10. The molecule has 1 aromatic carbocycles. The van der Waals surface area contributed by atoms with Gasteiger partial charge in [-0.15, -0.1) is 0 Å². The average molecular weight is 179 g/mol. The Hall–Kier alpha value is -1.51. The Balaban J connectivity index is 3.26. The fourth-order valence-corrected chi connectivity index (χ4v) is 1.18. The number of ketones is 1. The number of hydrogen-bond acceptors (Lipinski definition) is 3. The van der Waals surface area contributed by atoms with Crippen LogP contribution in [0, 0.1) is 0 Å². The summed E-state index contributed by atoms with van der Waals surface area (Å²) in [7, 11) is 3.64. The van der Waals surface area contributed by atoms with Gasteiger partial charge in [-0.2, -0.15) is 0 Å². The first-order valence-corrected chi connectivity index (χ1v) is 4.04. The van der Waals surface area contributed by atoms with Crippen molar-refractivity contribution >= 4 is 11.5 Å². The summed E-state index contributed by atoms with van der Waals surface area (Å²) in [5.74, 6) is -0.0683. The predicted octanol–water partition coefficient (Wildman–Crippen LogP) is 1.66. The molecular weight excluding hydrogens is 166 g/mol. The molecule has 0 aliphatic heterocycles. The number of anilines is 1. The van der Waals surface area contributed by atoms with Crippen molar-refractivity contribution in [1.29, 1.82) is 0 Å². The molecule has 1 rings (SSSR count). The van der Waals surface area contributed by atoms with E-state index in [1.54, 1.807) is 23.1 Å². The fourth-order valence-electron chi connectivity index (χ4n) is 1.18. The van der Waals surface area contributed by atoms with E-state index in [0.29, 0.717) is 11.3 Å². The number of phenols is 1. The molecule has 0 spiro atoms. The Morgan fingerprint density at radius 3 is 2.46 bits per heavy atom. The summed E-state index contributed by atoms with van der Waals surface area (Å²) in [5.41, 5.74) is 1.03. The topological polar surface area (TPSA) is 40.5 Å². The first-order valence-electron chi connectivity index (χ1n) is 4.04. The van der Waals surface area contributed by atoms with Gasteiger partial charge in [0.1, 0.15) is 5.75 Å². The molecule has 0 aliphatic carbocycles. The molecule has 0 unspecified atom stereocenters. The van der Waals surface area contributed by atoms with Gasteiger partial charge in [0.2, 0.25) is 0 Å². The summed E-state index contributed by atoms with van der Waals surface area (Å²) in [6.45, 7) is 1.44. The van der Waals surface area contributed by atoms with Gasteiger partial charge < -0.3 is 10.0 Å². The summed E-state index contributed by atoms with van der Waals surface area (Å²) in [6.07, 6.45) is 0. The number of Topliss-reactive ketones (excluding diaryl/α,β-unsaturated/α-hetero) is 1. The quantitative estimate of drug-likeness (QED) is 0.702. The molecule has 0 aliphatic rings. The minimum atomic E-state index is -0.124. The first kappa shape index (κ1) is 9.58. The molecule has 1 aromatic rings. The maximum absolute atomic E-state index is 11.1. The zero-order valence-corrected chi connectivity index (χ0v) is 8.03. The number of para-hydroxylation sites is 1. The molecular formula is C10H13NO2. The van der Waals surface area contributed by atoms with Gasteiger partial charge in [-0.3, -0.25) is 4.79 Å². The third-order valence-corrected chi connectivity index (χ3v) is 1.88. The largest absolute Gasteiger partial charge is 0.505 e. The van der Waals surface area contributed by atoms with E-state index in [2.05, 4.69) is 0 Å². The lowest BCUT2D eigenvalue weighted by Gasteiger charge is -2.15. The number of aromatic hydroxyl groups is 1. The van der Waals surface area contributed by atoms with Crippen LogP contribution in [-0.2, 0) is 0 Å². The van der Waals surface area contributed by atoms with Gasteiger partial charge in [0, 0.05) is 14.1 Å². The molecule has 70 valence electrons. The third kappa shape index (κ3) is 1.80. The van der Waals surface area contributed by atoms with Crippen molar-refractivity contribution in [3.8, 4) is 5.75 Å². The fraction of sp³-hybridized carbons (Fsp3) is 0.300. The molecule has 3 heteroatoms. The summed E-state index contributed by atoms with van der Waals surface area (Å²) >= 11 is 0. The second-order valence-corrected chi connectivity index (χ2v) is 3.12. The van der Waals surface area contributed by atoms with Crippen molar-refractivity contribution in [2.45, 2.75) is 6.92 Å². The van der Waals surface area contributed by atoms with Crippen LogP contribution in [0.25, 0.3) is 0 Å². The molecule has 3 nitrogen and oxygen atoms in total. The van der Waals surface area contributed by atoms with Crippen molar-refractivity contribution in [2.75, 3.05) is 19.0 Å². The van der Waals surface area contributed by atoms with Gasteiger partial charge in [0.25, 0.3) is 0 Å². The van der Waals surface area contributed by atoms with Crippen LogP contribution in [0.5, 0.6) is 5.75 Å². The molecule has 0 saturated heterocycles. The molecule has 0 heterocycles. The van der Waals surface area contributed by atoms with Crippen molar-refractivity contribution in [1.82, 2.24) is 0 Å². The van der Waals surface area contributed by atoms with E-state index in [1.807, 2.05) is 14.1 Å². The molecule has 0 amide bonds. The molecule has 0 radical (unpaired) electrons. The van der Waals surface area contributed by atoms with Crippen molar-refractivity contribution in [2.24, 2.45) is 0 Å². The van der Waals surface area contributed by atoms with Crippen LogP contribution < -0.4 is 4.90 Å². The summed E-state index contributed by atoms with van der Waals surface area (Å²) < 4.78 is 0. The Morgan fingerprint density at radius 2 is 2.00 bits per heavy atom. The highest BCUT2D eigenvalue weighted by molar-refractivity contribution is 5.98. The van der Waals surface area contributed by atoms with Crippen LogP contribution in [0.1, 0.15) is 17.3 Å². The highest BCUT2D eigenvalue weighted by Crippen LogP contribution is 2.29. The second kappa shape index (κ2) is 3.47. The van der Waals surface area contributed by atoms with E-state index in [4.69, 9.17) is 0 Å². The number of hydrogen-bond donors (Lipinski definition) is 1. The lowest BCUT2D eigenvalue weighted by atomic mass is 10.1. The van der Waals surface area contributed by atoms with Gasteiger partial charge in [0.15, 0.2) is 5.78 Å². The first-order chi connectivity index (χ1) is 6.04. The van der Waals surface area contributed by atoms with Crippen LogP contribution in [0.2, 0.25) is 0 Å². The monoisotopic (exact) mass is 179 g/mol. The van der Waals surface area contributed by atoms with Gasteiger partial charge in [-0.25, -0.2) is 0 Å². The molecule has 0 bridgehead atoms. The standard InChI is InChI=1S/C10H13NO2/c1-7(12)8-5-4-6-9(10(8)13)11(2)3/h4-6,13H,1-3H3. The molecule has 0 aromatic heterocycles. The number of rotatable bonds is 2. The SMILES string of the molecule is CC(=O)c1cccc(N(C)C)c1O.